The third-order valence-electron chi connectivity index (χ3n) is 5.67. The first-order chi connectivity index (χ1) is 15.9. The van der Waals surface area contributed by atoms with Crippen LogP contribution in [0, 0.1) is 6.92 Å². The fourth-order valence-corrected chi connectivity index (χ4v) is 4.03. The topological polar surface area (TPSA) is 74.6 Å². The van der Waals surface area contributed by atoms with Crippen molar-refractivity contribution >= 4 is 0 Å². The van der Waals surface area contributed by atoms with Gasteiger partial charge in [0.1, 0.15) is 24.0 Å². The van der Waals surface area contributed by atoms with Crippen LogP contribution in [0.4, 0.5) is 13.2 Å². The van der Waals surface area contributed by atoms with E-state index in [0.717, 1.165) is 40.5 Å². The fourth-order valence-electron chi connectivity index (χ4n) is 4.03. The third-order valence-corrected chi connectivity index (χ3v) is 5.67. The Hall–Kier alpha value is -4.21. The Kier molecular flexibility index (Phi) is 4.07. The van der Waals surface area contributed by atoms with Crippen LogP contribution < -0.4 is 0 Å². The van der Waals surface area contributed by atoms with Crippen molar-refractivity contribution in [2.24, 2.45) is 0 Å². The number of nitrogens with zero attached hydrogens (tertiary/aromatic N) is 6. The molecule has 5 aromatic rings. The molecule has 4 heterocycles. The van der Waals surface area contributed by atoms with Gasteiger partial charge in [0.2, 0.25) is 5.89 Å². The maximum atomic E-state index is 12.9. The Balaban J connectivity index is 1.43. The highest BCUT2D eigenvalue weighted by molar-refractivity contribution is 5.65. The number of oxazole rings is 1. The van der Waals surface area contributed by atoms with E-state index in [1.54, 1.807) is 12.5 Å². The van der Waals surface area contributed by atoms with Crippen LogP contribution in [-0.4, -0.2) is 29.5 Å². The molecule has 0 fully saturated rings. The molecule has 0 saturated carbocycles. The molecular formula is C23H15F3N6O. The molecule has 164 valence electrons. The first kappa shape index (κ1) is 19.5. The summed E-state index contributed by atoms with van der Waals surface area (Å²) in [6.45, 7) is 2.01. The quantitative estimate of drug-likeness (QED) is 0.372. The van der Waals surface area contributed by atoms with Gasteiger partial charge < -0.3 is 4.42 Å². The maximum Gasteiger partial charge on any atom is 0.416 e. The summed E-state index contributed by atoms with van der Waals surface area (Å²) in [5.74, 6) is 0.285. The first-order valence-electron chi connectivity index (χ1n) is 10.1. The van der Waals surface area contributed by atoms with Crippen LogP contribution in [0.5, 0.6) is 0 Å². The number of imidazole rings is 1. The SMILES string of the molecule is Cc1ccc2c(c1)-n1nncc1Cc1c(-c3nc(-c4ccc(C(F)(F)F)cc4)co3)ncn1-2. The number of fused-ring (bicyclic) bond motifs is 5. The van der Waals surface area contributed by atoms with Crippen molar-refractivity contribution in [3.8, 4) is 34.2 Å². The number of alkyl halides is 3. The molecular weight excluding hydrogens is 433 g/mol. The van der Waals surface area contributed by atoms with Gasteiger partial charge in [-0.2, -0.15) is 13.2 Å². The zero-order chi connectivity index (χ0) is 22.7. The van der Waals surface area contributed by atoms with Gasteiger partial charge >= 0.3 is 6.18 Å². The molecule has 6 rings (SSSR count). The lowest BCUT2D eigenvalue weighted by Crippen LogP contribution is -2.03. The van der Waals surface area contributed by atoms with Crippen molar-refractivity contribution in [3.63, 3.8) is 0 Å². The standard InChI is InChI=1S/C23H15F3N6O/c1-13-2-7-18-19(8-13)32-16(10-28-30-32)9-20-21(27-12-31(18)20)22-29-17(11-33-22)14-3-5-15(6-4-14)23(24,25)26/h2-8,10-12H,9H2,1H3. The summed E-state index contributed by atoms with van der Waals surface area (Å²) >= 11 is 0. The van der Waals surface area contributed by atoms with E-state index in [9.17, 15) is 13.2 Å². The molecule has 7 nitrogen and oxygen atoms in total. The second-order valence-electron chi connectivity index (χ2n) is 7.83. The lowest BCUT2D eigenvalue weighted by Gasteiger charge is -2.10. The number of aromatic nitrogens is 6. The molecule has 1 aliphatic rings. The predicted molar refractivity (Wildman–Crippen MR) is 112 cm³/mol. The molecule has 0 unspecified atom stereocenters. The summed E-state index contributed by atoms with van der Waals surface area (Å²) in [5.41, 5.74) is 5.40. The molecule has 0 radical (unpaired) electrons. The minimum atomic E-state index is -4.39. The monoisotopic (exact) mass is 448 g/mol. The van der Waals surface area contributed by atoms with Crippen LogP contribution in [0.3, 0.4) is 0 Å². The summed E-state index contributed by atoms with van der Waals surface area (Å²) < 4.78 is 48.1. The molecule has 0 amide bonds. The summed E-state index contributed by atoms with van der Waals surface area (Å²) in [6, 6.07) is 10.9. The molecule has 0 atom stereocenters. The number of hydrogen-bond donors (Lipinski definition) is 0. The van der Waals surface area contributed by atoms with Gasteiger partial charge in [-0.25, -0.2) is 14.6 Å². The van der Waals surface area contributed by atoms with Gasteiger partial charge in [0, 0.05) is 12.0 Å². The van der Waals surface area contributed by atoms with Crippen LogP contribution in [-0.2, 0) is 12.6 Å². The fraction of sp³-hybridized carbons (Fsp3) is 0.130. The Morgan fingerprint density at radius 1 is 1.03 bits per heavy atom. The van der Waals surface area contributed by atoms with Gasteiger partial charge in [0.15, 0.2) is 0 Å². The lowest BCUT2D eigenvalue weighted by atomic mass is 10.1. The van der Waals surface area contributed by atoms with Crippen LogP contribution in [0.2, 0.25) is 0 Å². The van der Waals surface area contributed by atoms with E-state index >= 15 is 0 Å². The second kappa shape index (κ2) is 6.89. The average Bonchev–Trinajstić information content (AvgIpc) is 3.52. The average molecular weight is 448 g/mol. The van der Waals surface area contributed by atoms with Gasteiger partial charge in [0.05, 0.1) is 34.5 Å². The van der Waals surface area contributed by atoms with Crippen molar-refractivity contribution in [2.45, 2.75) is 19.5 Å². The van der Waals surface area contributed by atoms with E-state index in [0.29, 0.717) is 23.4 Å². The molecule has 2 aromatic carbocycles. The summed E-state index contributed by atoms with van der Waals surface area (Å²) in [5, 5.41) is 8.31. The molecule has 0 N–H and O–H groups in total. The number of benzene rings is 2. The summed E-state index contributed by atoms with van der Waals surface area (Å²) in [6.07, 6.45) is 0.942. The molecule has 0 bridgehead atoms. The van der Waals surface area contributed by atoms with Gasteiger partial charge in [-0.1, -0.05) is 23.4 Å². The Morgan fingerprint density at radius 3 is 2.64 bits per heavy atom. The van der Waals surface area contributed by atoms with Gasteiger partial charge in [0.25, 0.3) is 0 Å². The maximum absolute atomic E-state index is 12.9. The Bertz CT molecular complexity index is 1490. The lowest BCUT2D eigenvalue weighted by molar-refractivity contribution is -0.137. The van der Waals surface area contributed by atoms with Crippen LogP contribution in [0.1, 0.15) is 22.5 Å². The highest BCUT2D eigenvalue weighted by atomic mass is 19.4. The summed E-state index contributed by atoms with van der Waals surface area (Å²) in [4.78, 5) is 9.06. The predicted octanol–water partition coefficient (Wildman–Crippen LogP) is 5.01. The minimum absolute atomic E-state index is 0.285. The normalized spacial score (nSPS) is 12.7. The van der Waals surface area contributed by atoms with Crippen LogP contribution in [0.25, 0.3) is 34.2 Å². The Morgan fingerprint density at radius 2 is 1.85 bits per heavy atom. The molecule has 0 aliphatic carbocycles. The zero-order valence-electron chi connectivity index (χ0n) is 17.2. The minimum Gasteiger partial charge on any atom is -0.443 e. The number of halogens is 3. The number of aryl methyl sites for hydroxylation is 1. The van der Waals surface area contributed by atoms with Crippen molar-refractivity contribution < 1.29 is 17.6 Å². The van der Waals surface area contributed by atoms with E-state index in [1.807, 2.05) is 34.4 Å². The first-order valence-corrected chi connectivity index (χ1v) is 10.1. The van der Waals surface area contributed by atoms with E-state index in [4.69, 9.17) is 4.42 Å². The van der Waals surface area contributed by atoms with Crippen LogP contribution >= 0.6 is 0 Å². The molecule has 33 heavy (non-hydrogen) atoms. The van der Waals surface area contributed by atoms with Crippen molar-refractivity contribution in [1.82, 2.24) is 29.5 Å². The third kappa shape index (κ3) is 3.13. The molecule has 10 heteroatoms. The van der Waals surface area contributed by atoms with Crippen molar-refractivity contribution in [1.29, 1.82) is 0 Å². The smallest absolute Gasteiger partial charge is 0.416 e. The molecule has 0 saturated heterocycles. The molecule has 3 aromatic heterocycles. The van der Waals surface area contributed by atoms with Gasteiger partial charge in [-0.05, 0) is 36.8 Å². The highest BCUT2D eigenvalue weighted by Gasteiger charge is 2.30. The second-order valence-corrected chi connectivity index (χ2v) is 7.83. The number of hydrogen-bond acceptors (Lipinski definition) is 5. The van der Waals surface area contributed by atoms with Crippen LogP contribution in [0.15, 0.2) is 65.7 Å². The van der Waals surface area contributed by atoms with E-state index in [1.165, 1.54) is 18.4 Å². The largest absolute Gasteiger partial charge is 0.443 e. The zero-order valence-corrected chi connectivity index (χ0v) is 17.2. The Labute approximate surface area is 185 Å². The molecule has 0 spiro atoms. The van der Waals surface area contributed by atoms with E-state index in [-0.39, 0.29) is 5.89 Å². The number of rotatable bonds is 2. The van der Waals surface area contributed by atoms with Crippen molar-refractivity contribution in [3.05, 3.63) is 83.8 Å². The van der Waals surface area contributed by atoms with Gasteiger partial charge in [-0.15, -0.1) is 5.10 Å². The van der Waals surface area contributed by atoms with E-state index < -0.39 is 11.7 Å². The van der Waals surface area contributed by atoms with E-state index in [2.05, 4.69) is 20.3 Å². The van der Waals surface area contributed by atoms with Gasteiger partial charge in [-0.3, -0.25) is 4.57 Å². The molecule has 1 aliphatic heterocycles. The highest BCUT2D eigenvalue weighted by Crippen LogP contribution is 2.34. The van der Waals surface area contributed by atoms with Crippen molar-refractivity contribution in [2.75, 3.05) is 0 Å². The summed E-state index contributed by atoms with van der Waals surface area (Å²) in [7, 11) is 0.